The van der Waals surface area contributed by atoms with Crippen LogP contribution < -0.4 is 10.1 Å². The number of nitrogens with zero attached hydrogens (tertiary/aromatic N) is 1. The van der Waals surface area contributed by atoms with Crippen molar-refractivity contribution in [2.45, 2.75) is 32.9 Å². The van der Waals surface area contributed by atoms with Gasteiger partial charge in [0.1, 0.15) is 12.4 Å². The van der Waals surface area contributed by atoms with Gasteiger partial charge in [0.05, 0.1) is 6.61 Å². The van der Waals surface area contributed by atoms with E-state index in [1.54, 1.807) is 7.11 Å². The van der Waals surface area contributed by atoms with Crippen molar-refractivity contribution < 1.29 is 9.47 Å². The van der Waals surface area contributed by atoms with E-state index in [1.165, 1.54) is 5.56 Å². The Morgan fingerprint density at radius 2 is 1.86 bits per heavy atom. The van der Waals surface area contributed by atoms with Gasteiger partial charge in [-0.15, -0.1) is 0 Å². The summed E-state index contributed by atoms with van der Waals surface area (Å²) in [5, 5.41) is 3.49. The highest BCUT2D eigenvalue weighted by molar-refractivity contribution is 5.28. The van der Waals surface area contributed by atoms with Gasteiger partial charge in [-0.3, -0.25) is 0 Å². The average molecular weight is 294 g/mol. The normalized spacial score (nSPS) is 11.9. The van der Waals surface area contributed by atoms with Crippen molar-refractivity contribution in [2.75, 3.05) is 40.5 Å². The molecular weight excluding hydrogens is 264 g/mol. The Morgan fingerprint density at radius 3 is 2.52 bits per heavy atom. The fourth-order valence-electron chi connectivity index (χ4n) is 1.79. The van der Waals surface area contributed by atoms with Gasteiger partial charge in [-0.2, -0.15) is 0 Å². The number of methoxy groups -OCH3 is 1. The van der Waals surface area contributed by atoms with Crippen molar-refractivity contribution in [1.29, 1.82) is 0 Å². The van der Waals surface area contributed by atoms with E-state index < -0.39 is 0 Å². The molecule has 0 fully saturated rings. The molecule has 21 heavy (non-hydrogen) atoms. The molecule has 0 aliphatic heterocycles. The number of likely N-dealkylation sites (N-methyl/N-ethyl adjacent to an activating group) is 1. The molecule has 0 atom stereocenters. The Bertz CT molecular complexity index is 402. The second-order valence-corrected chi connectivity index (χ2v) is 6.40. The lowest BCUT2D eigenvalue weighted by molar-refractivity contribution is 0.150. The van der Waals surface area contributed by atoms with Gasteiger partial charge in [-0.05, 0) is 45.5 Å². The SMILES string of the molecule is COCCN(C)CCOc1cccc(CNC(C)(C)C)c1. The zero-order valence-corrected chi connectivity index (χ0v) is 14.1. The van der Waals surface area contributed by atoms with Crippen LogP contribution >= 0.6 is 0 Å². The van der Waals surface area contributed by atoms with Crippen LogP contribution in [-0.2, 0) is 11.3 Å². The lowest BCUT2D eigenvalue weighted by Gasteiger charge is -2.21. The van der Waals surface area contributed by atoms with E-state index in [1.807, 2.05) is 12.1 Å². The number of nitrogens with one attached hydrogen (secondary N) is 1. The van der Waals surface area contributed by atoms with Crippen molar-refractivity contribution >= 4 is 0 Å². The van der Waals surface area contributed by atoms with E-state index in [0.717, 1.165) is 32.0 Å². The quantitative estimate of drug-likeness (QED) is 0.759. The van der Waals surface area contributed by atoms with E-state index >= 15 is 0 Å². The van der Waals surface area contributed by atoms with Crippen LogP contribution in [0, 0.1) is 0 Å². The summed E-state index contributed by atoms with van der Waals surface area (Å²) in [7, 11) is 3.80. The van der Waals surface area contributed by atoms with Crippen LogP contribution in [0.15, 0.2) is 24.3 Å². The van der Waals surface area contributed by atoms with Gasteiger partial charge in [0.25, 0.3) is 0 Å². The summed E-state index contributed by atoms with van der Waals surface area (Å²) in [5.74, 6) is 0.934. The second-order valence-electron chi connectivity index (χ2n) is 6.40. The van der Waals surface area contributed by atoms with Crippen LogP contribution in [0.5, 0.6) is 5.75 Å². The van der Waals surface area contributed by atoms with E-state index in [9.17, 15) is 0 Å². The molecule has 0 bridgehead atoms. The maximum absolute atomic E-state index is 5.82. The van der Waals surface area contributed by atoms with Crippen LogP contribution in [0.2, 0.25) is 0 Å². The molecule has 0 unspecified atom stereocenters. The summed E-state index contributed by atoms with van der Waals surface area (Å²) in [6.45, 7) is 10.6. The molecule has 0 aliphatic rings. The molecule has 120 valence electrons. The zero-order chi connectivity index (χ0) is 15.7. The van der Waals surface area contributed by atoms with Crippen molar-refractivity contribution in [1.82, 2.24) is 10.2 Å². The molecule has 1 aromatic carbocycles. The lowest BCUT2D eigenvalue weighted by atomic mass is 10.1. The predicted octanol–water partition coefficient (Wildman–Crippen LogP) is 2.53. The third-order valence-corrected chi connectivity index (χ3v) is 3.14. The minimum Gasteiger partial charge on any atom is -0.492 e. The first kappa shape index (κ1) is 18.0. The van der Waals surface area contributed by atoms with E-state index in [2.05, 4.69) is 50.2 Å². The van der Waals surface area contributed by atoms with Crippen molar-refractivity contribution in [3.8, 4) is 5.75 Å². The first-order chi connectivity index (χ1) is 9.90. The fourth-order valence-corrected chi connectivity index (χ4v) is 1.79. The number of ether oxygens (including phenoxy) is 2. The third kappa shape index (κ3) is 8.71. The fraction of sp³-hybridized carbons (Fsp3) is 0.647. The first-order valence-corrected chi connectivity index (χ1v) is 7.55. The van der Waals surface area contributed by atoms with Gasteiger partial charge in [-0.25, -0.2) is 0 Å². The molecule has 0 aromatic heterocycles. The van der Waals surface area contributed by atoms with Gasteiger partial charge in [-0.1, -0.05) is 12.1 Å². The molecule has 1 N–H and O–H groups in total. The predicted molar refractivity (Wildman–Crippen MR) is 87.9 cm³/mol. The van der Waals surface area contributed by atoms with Crippen LogP contribution in [0.4, 0.5) is 0 Å². The van der Waals surface area contributed by atoms with Crippen molar-refractivity contribution in [2.24, 2.45) is 0 Å². The molecule has 0 spiro atoms. The molecule has 4 heteroatoms. The molecule has 0 saturated heterocycles. The molecular formula is C17H30N2O2. The smallest absolute Gasteiger partial charge is 0.119 e. The third-order valence-electron chi connectivity index (χ3n) is 3.14. The summed E-state index contributed by atoms with van der Waals surface area (Å²) in [6.07, 6.45) is 0. The van der Waals surface area contributed by atoms with Gasteiger partial charge >= 0.3 is 0 Å². The van der Waals surface area contributed by atoms with E-state index in [4.69, 9.17) is 9.47 Å². The number of benzene rings is 1. The topological polar surface area (TPSA) is 33.7 Å². The average Bonchev–Trinajstić information content (AvgIpc) is 2.43. The summed E-state index contributed by atoms with van der Waals surface area (Å²) >= 11 is 0. The summed E-state index contributed by atoms with van der Waals surface area (Å²) in [4.78, 5) is 2.20. The molecule has 0 saturated carbocycles. The van der Waals surface area contributed by atoms with Gasteiger partial charge in [0, 0.05) is 32.3 Å². The summed E-state index contributed by atoms with van der Waals surface area (Å²) in [5.41, 5.74) is 1.37. The first-order valence-electron chi connectivity index (χ1n) is 7.55. The Balaban J connectivity index is 2.35. The zero-order valence-electron chi connectivity index (χ0n) is 14.1. The van der Waals surface area contributed by atoms with Crippen LogP contribution in [0.1, 0.15) is 26.3 Å². The minimum absolute atomic E-state index is 0.126. The highest BCUT2D eigenvalue weighted by Crippen LogP contribution is 2.14. The second kappa shape index (κ2) is 9.03. The molecule has 0 aliphatic carbocycles. The van der Waals surface area contributed by atoms with Crippen LogP contribution in [0.3, 0.4) is 0 Å². The van der Waals surface area contributed by atoms with Crippen molar-refractivity contribution in [3.05, 3.63) is 29.8 Å². The Morgan fingerprint density at radius 1 is 1.14 bits per heavy atom. The summed E-state index contributed by atoms with van der Waals surface area (Å²) < 4.78 is 10.9. The Kier molecular flexibility index (Phi) is 7.72. The van der Waals surface area contributed by atoms with Gasteiger partial charge in [0.15, 0.2) is 0 Å². The summed E-state index contributed by atoms with van der Waals surface area (Å²) in [6, 6.07) is 8.28. The van der Waals surface area contributed by atoms with E-state index in [-0.39, 0.29) is 5.54 Å². The molecule has 0 heterocycles. The Labute approximate surface area is 129 Å². The van der Waals surface area contributed by atoms with Crippen LogP contribution in [-0.4, -0.2) is 50.9 Å². The molecule has 0 radical (unpaired) electrons. The molecule has 0 amide bonds. The highest BCUT2D eigenvalue weighted by Gasteiger charge is 2.08. The standard InChI is InChI=1S/C17H30N2O2/c1-17(2,3)18-14-15-7-6-8-16(13-15)21-12-10-19(4)9-11-20-5/h6-8,13,18H,9-12,14H2,1-5H3. The maximum Gasteiger partial charge on any atom is 0.119 e. The monoisotopic (exact) mass is 294 g/mol. The van der Waals surface area contributed by atoms with E-state index in [0.29, 0.717) is 6.61 Å². The largest absolute Gasteiger partial charge is 0.492 e. The number of hydrogen-bond donors (Lipinski definition) is 1. The van der Waals surface area contributed by atoms with Crippen LogP contribution in [0.25, 0.3) is 0 Å². The van der Waals surface area contributed by atoms with Gasteiger partial charge < -0.3 is 19.7 Å². The maximum atomic E-state index is 5.82. The lowest BCUT2D eigenvalue weighted by Crippen LogP contribution is -2.35. The van der Waals surface area contributed by atoms with Gasteiger partial charge in [0.2, 0.25) is 0 Å². The molecule has 4 nitrogen and oxygen atoms in total. The number of hydrogen-bond acceptors (Lipinski definition) is 4. The highest BCUT2D eigenvalue weighted by atomic mass is 16.5. The number of rotatable bonds is 9. The molecule has 1 rings (SSSR count). The minimum atomic E-state index is 0.126. The molecule has 1 aromatic rings. The van der Waals surface area contributed by atoms with Crippen molar-refractivity contribution in [3.63, 3.8) is 0 Å². The Hall–Kier alpha value is -1.10.